The summed E-state index contributed by atoms with van der Waals surface area (Å²) in [5.74, 6) is 0.429. The van der Waals surface area contributed by atoms with Gasteiger partial charge in [0, 0.05) is 19.1 Å². The Hall–Kier alpha value is -2.90. The first kappa shape index (κ1) is 23.3. The van der Waals surface area contributed by atoms with Crippen LogP contribution in [0, 0.1) is 6.92 Å². The summed E-state index contributed by atoms with van der Waals surface area (Å²) in [6.45, 7) is 2.78. The van der Waals surface area contributed by atoms with E-state index in [2.05, 4.69) is 5.32 Å². The van der Waals surface area contributed by atoms with E-state index in [9.17, 15) is 13.2 Å². The number of amides is 1. The summed E-state index contributed by atoms with van der Waals surface area (Å²) in [6.07, 6.45) is 3.22. The average Bonchev–Trinajstić information content (AvgIpc) is 2.83. The number of nitrogens with zero attached hydrogens (tertiary/aromatic N) is 1. The SMILES string of the molecule is Cc1ccc(S(=O)(=O)N2CCCCC2CCNC(=O)COc2ccc3ccccc3c2)cc1. The van der Waals surface area contributed by atoms with Crippen molar-refractivity contribution in [2.45, 2.75) is 43.5 Å². The minimum Gasteiger partial charge on any atom is -0.484 e. The topological polar surface area (TPSA) is 75.7 Å². The van der Waals surface area contributed by atoms with Crippen molar-refractivity contribution in [2.24, 2.45) is 0 Å². The zero-order chi connectivity index (χ0) is 23.3. The maximum atomic E-state index is 13.2. The third-order valence-electron chi connectivity index (χ3n) is 6.09. The molecule has 0 bridgehead atoms. The van der Waals surface area contributed by atoms with Gasteiger partial charge in [0.05, 0.1) is 4.90 Å². The Bertz CT molecular complexity index is 1210. The van der Waals surface area contributed by atoms with Crippen LogP contribution >= 0.6 is 0 Å². The summed E-state index contributed by atoms with van der Waals surface area (Å²) in [7, 11) is -3.55. The Morgan fingerprint density at radius 2 is 1.79 bits per heavy atom. The fourth-order valence-electron chi connectivity index (χ4n) is 4.26. The van der Waals surface area contributed by atoms with Crippen LogP contribution in [0.15, 0.2) is 71.6 Å². The number of piperidine rings is 1. The Balaban J connectivity index is 1.29. The lowest BCUT2D eigenvalue weighted by atomic mass is 10.0. The van der Waals surface area contributed by atoms with Crippen molar-refractivity contribution in [1.82, 2.24) is 9.62 Å². The van der Waals surface area contributed by atoms with E-state index in [0.717, 1.165) is 35.6 Å². The molecule has 1 aliphatic rings. The largest absolute Gasteiger partial charge is 0.484 e. The van der Waals surface area contributed by atoms with Gasteiger partial charge in [-0.3, -0.25) is 4.79 Å². The van der Waals surface area contributed by atoms with Crippen LogP contribution in [-0.4, -0.2) is 44.4 Å². The van der Waals surface area contributed by atoms with Crippen LogP contribution in [-0.2, 0) is 14.8 Å². The van der Waals surface area contributed by atoms with Gasteiger partial charge in [-0.15, -0.1) is 0 Å². The van der Waals surface area contributed by atoms with Gasteiger partial charge in [-0.2, -0.15) is 4.31 Å². The van der Waals surface area contributed by atoms with E-state index in [4.69, 9.17) is 4.74 Å². The normalized spacial score (nSPS) is 17.1. The second kappa shape index (κ2) is 10.4. The maximum Gasteiger partial charge on any atom is 0.257 e. The molecule has 1 fully saturated rings. The first-order valence-electron chi connectivity index (χ1n) is 11.4. The van der Waals surface area contributed by atoms with Crippen molar-refractivity contribution in [3.8, 4) is 5.75 Å². The Labute approximate surface area is 195 Å². The molecule has 0 aliphatic carbocycles. The van der Waals surface area contributed by atoms with Crippen LogP contribution in [0.4, 0.5) is 0 Å². The molecule has 1 amide bonds. The highest BCUT2D eigenvalue weighted by Crippen LogP contribution is 2.27. The predicted octanol–water partition coefficient (Wildman–Crippen LogP) is 4.28. The first-order valence-corrected chi connectivity index (χ1v) is 12.8. The van der Waals surface area contributed by atoms with Gasteiger partial charge in [-0.25, -0.2) is 8.42 Å². The number of carbonyl (C=O) groups is 1. The van der Waals surface area contributed by atoms with Crippen molar-refractivity contribution in [3.05, 3.63) is 72.3 Å². The molecule has 33 heavy (non-hydrogen) atoms. The third kappa shape index (κ3) is 5.72. The minimum absolute atomic E-state index is 0.0750. The van der Waals surface area contributed by atoms with E-state index in [0.29, 0.717) is 30.2 Å². The number of aryl methyl sites for hydroxylation is 1. The van der Waals surface area contributed by atoms with E-state index in [-0.39, 0.29) is 18.6 Å². The number of nitrogens with one attached hydrogen (secondary N) is 1. The van der Waals surface area contributed by atoms with E-state index >= 15 is 0 Å². The van der Waals surface area contributed by atoms with Crippen molar-refractivity contribution in [1.29, 1.82) is 0 Å². The molecule has 1 heterocycles. The average molecular weight is 467 g/mol. The van der Waals surface area contributed by atoms with Gasteiger partial charge < -0.3 is 10.1 Å². The van der Waals surface area contributed by atoms with Gasteiger partial charge >= 0.3 is 0 Å². The summed E-state index contributed by atoms with van der Waals surface area (Å²) >= 11 is 0. The molecule has 4 rings (SSSR count). The van der Waals surface area contributed by atoms with Gasteiger partial charge in [-0.05, 0) is 61.2 Å². The van der Waals surface area contributed by atoms with Gasteiger partial charge in [0.2, 0.25) is 10.0 Å². The molecule has 1 saturated heterocycles. The van der Waals surface area contributed by atoms with Gasteiger partial charge in [0.25, 0.3) is 5.91 Å². The highest BCUT2D eigenvalue weighted by molar-refractivity contribution is 7.89. The number of benzene rings is 3. The fraction of sp³-hybridized carbons (Fsp3) is 0.346. The molecule has 0 radical (unpaired) electrons. The van der Waals surface area contributed by atoms with Crippen molar-refractivity contribution in [2.75, 3.05) is 19.7 Å². The summed E-state index contributed by atoms with van der Waals surface area (Å²) in [5.41, 5.74) is 1.03. The Morgan fingerprint density at radius 1 is 1.03 bits per heavy atom. The summed E-state index contributed by atoms with van der Waals surface area (Å²) in [5, 5.41) is 5.05. The highest BCUT2D eigenvalue weighted by atomic mass is 32.2. The number of rotatable bonds is 8. The standard InChI is InChI=1S/C26H30N2O4S/c1-20-9-13-25(14-10-20)33(30,31)28-17-5-4-8-23(28)15-16-27-26(29)19-32-24-12-11-21-6-2-3-7-22(21)18-24/h2-3,6-7,9-14,18,23H,4-5,8,15-17,19H2,1H3,(H,27,29). The zero-order valence-electron chi connectivity index (χ0n) is 18.9. The number of ether oxygens (including phenoxy) is 1. The lowest BCUT2D eigenvalue weighted by molar-refractivity contribution is -0.123. The molecular formula is C26H30N2O4S. The summed E-state index contributed by atoms with van der Waals surface area (Å²) < 4.78 is 33.6. The number of sulfonamides is 1. The van der Waals surface area contributed by atoms with Crippen LogP contribution in [0.25, 0.3) is 10.8 Å². The van der Waals surface area contributed by atoms with E-state index in [1.807, 2.05) is 61.5 Å². The van der Waals surface area contributed by atoms with Crippen LogP contribution in [0.2, 0.25) is 0 Å². The second-order valence-electron chi connectivity index (χ2n) is 8.51. The molecule has 3 aromatic rings. The minimum atomic E-state index is -3.55. The number of hydrogen-bond donors (Lipinski definition) is 1. The molecule has 1 N–H and O–H groups in total. The molecule has 0 spiro atoms. The highest BCUT2D eigenvalue weighted by Gasteiger charge is 2.33. The van der Waals surface area contributed by atoms with Gasteiger partial charge in [0.15, 0.2) is 6.61 Å². The van der Waals surface area contributed by atoms with Crippen molar-refractivity contribution in [3.63, 3.8) is 0 Å². The van der Waals surface area contributed by atoms with Gasteiger partial charge in [-0.1, -0.05) is 54.4 Å². The predicted molar refractivity (Wildman–Crippen MR) is 130 cm³/mol. The molecule has 1 aliphatic heterocycles. The monoisotopic (exact) mass is 466 g/mol. The molecular weight excluding hydrogens is 436 g/mol. The lowest BCUT2D eigenvalue weighted by Gasteiger charge is -2.34. The molecule has 0 aromatic heterocycles. The molecule has 6 nitrogen and oxygen atoms in total. The first-order chi connectivity index (χ1) is 15.9. The lowest BCUT2D eigenvalue weighted by Crippen LogP contribution is -2.45. The quantitative estimate of drug-likeness (QED) is 0.538. The number of hydrogen-bond acceptors (Lipinski definition) is 4. The maximum absolute atomic E-state index is 13.2. The summed E-state index contributed by atoms with van der Waals surface area (Å²) in [6, 6.07) is 20.6. The van der Waals surface area contributed by atoms with Crippen LogP contribution in [0.5, 0.6) is 5.75 Å². The van der Waals surface area contributed by atoms with Gasteiger partial charge in [0.1, 0.15) is 5.75 Å². The molecule has 1 unspecified atom stereocenters. The fourth-order valence-corrected chi connectivity index (χ4v) is 5.98. The van der Waals surface area contributed by atoms with E-state index < -0.39 is 10.0 Å². The van der Waals surface area contributed by atoms with Crippen LogP contribution < -0.4 is 10.1 Å². The molecule has 0 saturated carbocycles. The smallest absolute Gasteiger partial charge is 0.257 e. The summed E-state index contributed by atoms with van der Waals surface area (Å²) in [4.78, 5) is 12.6. The second-order valence-corrected chi connectivity index (χ2v) is 10.4. The van der Waals surface area contributed by atoms with Crippen molar-refractivity contribution >= 4 is 26.7 Å². The molecule has 1 atom stereocenters. The third-order valence-corrected chi connectivity index (χ3v) is 8.06. The van der Waals surface area contributed by atoms with Crippen LogP contribution in [0.1, 0.15) is 31.2 Å². The van der Waals surface area contributed by atoms with E-state index in [1.54, 1.807) is 16.4 Å². The number of fused-ring (bicyclic) bond motifs is 1. The Kier molecular flexibility index (Phi) is 7.30. The molecule has 3 aromatic carbocycles. The Morgan fingerprint density at radius 3 is 2.58 bits per heavy atom. The van der Waals surface area contributed by atoms with E-state index in [1.165, 1.54) is 0 Å². The van der Waals surface area contributed by atoms with Crippen molar-refractivity contribution < 1.29 is 17.9 Å². The zero-order valence-corrected chi connectivity index (χ0v) is 19.7. The number of carbonyl (C=O) groups excluding carboxylic acids is 1. The molecule has 174 valence electrons. The molecule has 7 heteroatoms. The van der Waals surface area contributed by atoms with Crippen LogP contribution in [0.3, 0.4) is 0 Å².